The number of hydrogen-bond acceptors (Lipinski definition) is 5. The zero-order chi connectivity index (χ0) is 22.8. The van der Waals surface area contributed by atoms with Gasteiger partial charge in [0.05, 0.1) is 25.3 Å². The molecule has 0 aliphatic rings. The van der Waals surface area contributed by atoms with Gasteiger partial charge in [-0.15, -0.1) is 0 Å². The Kier molecular flexibility index (Phi) is 8.89. The largest absolute Gasteiger partial charge is 0.493 e. The molecule has 0 saturated carbocycles. The van der Waals surface area contributed by atoms with Crippen LogP contribution in [0.3, 0.4) is 0 Å². The van der Waals surface area contributed by atoms with Gasteiger partial charge in [-0.05, 0) is 43.2 Å². The lowest BCUT2D eigenvalue weighted by molar-refractivity contribution is -0.131. The van der Waals surface area contributed by atoms with Gasteiger partial charge in [0.25, 0.3) is 5.91 Å². The molecule has 0 fully saturated rings. The van der Waals surface area contributed by atoms with E-state index in [0.29, 0.717) is 55.2 Å². The van der Waals surface area contributed by atoms with Crippen molar-refractivity contribution in [1.29, 1.82) is 5.26 Å². The quantitative estimate of drug-likeness (QED) is 0.547. The number of benzene rings is 2. The van der Waals surface area contributed by atoms with Crippen molar-refractivity contribution in [1.82, 2.24) is 9.80 Å². The smallest absolute Gasteiger partial charge is 0.253 e. The number of carbonyl (C=O) groups excluding carboxylic acids is 2. The molecule has 2 rings (SSSR count). The second kappa shape index (κ2) is 11.6. The molecular formula is C24H29N3O4. The lowest BCUT2D eigenvalue weighted by Gasteiger charge is -2.21. The number of hydrogen-bond donors (Lipinski definition) is 0. The van der Waals surface area contributed by atoms with Gasteiger partial charge in [0.2, 0.25) is 5.91 Å². The van der Waals surface area contributed by atoms with E-state index in [1.807, 2.05) is 19.1 Å². The van der Waals surface area contributed by atoms with Crippen molar-refractivity contribution >= 4 is 11.8 Å². The van der Waals surface area contributed by atoms with E-state index in [-0.39, 0.29) is 11.8 Å². The standard InChI is InChI=1S/C24H29N3O4/c1-5-27(17-18-8-11-20(12-9-18)24(29)26(2)3)23(28)7-6-14-31-21-13-10-19(16-25)15-22(21)30-4/h8-13,15H,5-7,14,17H2,1-4H3. The van der Waals surface area contributed by atoms with Crippen molar-refractivity contribution in [2.75, 3.05) is 34.4 Å². The maximum absolute atomic E-state index is 12.6. The van der Waals surface area contributed by atoms with Gasteiger partial charge >= 0.3 is 0 Å². The Morgan fingerprint density at radius 2 is 1.77 bits per heavy atom. The third kappa shape index (κ3) is 6.75. The molecule has 31 heavy (non-hydrogen) atoms. The van der Waals surface area contributed by atoms with Crippen LogP contribution in [-0.2, 0) is 11.3 Å². The first-order valence-corrected chi connectivity index (χ1v) is 10.2. The van der Waals surface area contributed by atoms with Gasteiger partial charge in [-0.25, -0.2) is 0 Å². The van der Waals surface area contributed by atoms with Crippen LogP contribution >= 0.6 is 0 Å². The Balaban J connectivity index is 1.85. The number of ether oxygens (including phenoxy) is 2. The number of amides is 2. The van der Waals surface area contributed by atoms with Crippen LogP contribution in [-0.4, -0.2) is 56.0 Å². The van der Waals surface area contributed by atoms with Crippen LogP contribution in [0.15, 0.2) is 42.5 Å². The highest BCUT2D eigenvalue weighted by molar-refractivity contribution is 5.93. The molecule has 0 aliphatic heterocycles. The minimum absolute atomic E-state index is 0.0473. The number of methoxy groups -OCH3 is 1. The Hall–Kier alpha value is -3.53. The Labute approximate surface area is 183 Å². The zero-order valence-corrected chi connectivity index (χ0v) is 18.6. The molecule has 0 saturated heterocycles. The van der Waals surface area contributed by atoms with Crippen molar-refractivity contribution < 1.29 is 19.1 Å². The van der Waals surface area contributed by atoms with E-state index in [1.165, 1.54) is 12.0 Å². The van der Waals surface area contributed by atoms with E-state index in [2.05, 4.69) is 6.07 Å². The van der Waals surface area contributed by atoms with E-state index in [9.17, 15) is 9.59 Å². The molecule has 0 bridgehead atoms. The molecule has 164 valence electrons. The molecule has 0 aromatic heterocycles. The number of rotatable bonds is 10. The van der Waals surface area contributed by atoms with Gasteiger partial charge in [0, 0.05) is 45.2 Å². The summed E-state index contributed by atoms with van der Waals surface area (Å²) in [4.78, 5) is 27.9. The number of carbonyl (C=O) groups is 2. The SMILES string of the molecule is CCN(Cc1ccc(C(=O)N(C)C)cc1)C(=O)CCCOc1ccc(C#N)cc1OC. The Bertz CT molecular complexity index is 933. The molecule has 2 aromatic carbocycles. The molecule has 7 nitrogen and oxygen atoms in total. The summed E-state index contributed by atoms with van der Waals surface area (Å²) in [7, 11) is 4.96. The topological polar surface area (TPSA) is 82.9 Å². The lowest BCUT2D eigenvalue weighted by atomic mass is 10.1. The average molecular weight is 424 g/mol. The van der Waals surface area contributed by atoms with Gasteiger partial charge in [0.15, 0.2) is 11.5 Å². The Morgan fingerprint density at radius 3 is 2.35 bits per heavy atom. The fourth-order valence-corrected chi connectivity index (χ4v) is 3.03. The maximum atomic E-state index is 12.6. The van der Waals surface area contributed by atoms with Gasteiger partial charge < -0.3 is 19.3 Å². The molecule has 7 heteroatoms. The molecule has 0 unspecified atom stereocenters. The summed E-state index contributed by atoms with van der Waals surface area (Å²) in [6, 6.07) is 14.4. The van der Waals surface area contributed by atoms with Crippen LogP contribution in [0.5, 0.6) is 11.5 Å². The second-order valence-electron chi connectivity index (χ2n) is 7.23. The van der Waals surface area contributed by atoms with Gasteiger partial charge in [-0.2, -0.15) is 5.26 Å². The average Bonchev–Trinajstić information content (AvgIpc) is 2.79. The minimum Gasteiger partial charge on any atom is -0.493 e. The van der Waals surface area contributed by atoms with Gasteiger partial charge in [-0.1, -0.05) is 12.1 Å². The summed E-state index contributed by atoms with van der Waals surface area (Å²) >= 11 is 0. The highest BCUT2D eigenvalue weighted by Crippen LogP contribution is 2.28. The third-order valence-corrected chi connectivity index (χ3v) is 4.80. The molecule has 0 radical (unpaired) electrons. The Morgan fingerprint density at radius 1 is 1.06 bits per heavy atom. The fourth-order valence-electron chi connectivity index (χ4n) is 3.03. The normalized spacial score (nSPS) is 10.2. The summed E-state index contributed by atoms with van der Waals surface area (Å²) in [5, 5.41) is 8.96. The first-order chi connectivity index (χ1) is 14.9. The van der Waals surface area contributed by atoms with E-state index in [4.69, 9.17) is 14.7 Å². The highest BCUT2D eigenvalue weighted by atomic mass is 16.5. The number of nitriles is 1. The molecule has 0 spiro atoms. The van der Waals surface area contributed by atoms with E-state index >= 15 is 0 Å². The summed E-state index contributed by atoms with van der Waals surface area (Å²) in [6.45, 7) is 3.41. The molecule has 0 atom stereocenters. The highest BCUT2D eigenvalue weighted by Gasteiger charge is 2.14. The van der Waals surface area contributed by atoms with Crippen LogP contribution in [0, 0.1) is 11.3 Å². The molecule has 2 aromatic rings. The summed E-state index contributed by atoms with van der Waals surface area (Å²) in [6.07, 6.45) is 0.929. The molecule has 0 aliphatic carbocycles. The van der Waals surface area contributed by atoms with Crippen molar-refractivity contribution in [2.45, 2.75) is 26.3 Å². The maximum Gasteiger partial charge on any atom is 0.253 e. The van der Waals surface area contributed by atoms with E-state index < -0.39 is 0 Å². The lowest BCUT2D eigenvalue weighted by Crippen LogP contribution is -2.30. The monoisotopic (exact) mass is 423 g/mol. The van der Waals surface area contributed by atoms with Crippen molar-refractivity contribution in [3.05, 3.63) is 59.2 Å². The molecule has 0 N–H and O–H groups in total. The zero-order valence-electron chi connectivity index (χ0n) is 18.6. The predicted octanol–water partition coefficient (Wildman–Crippen LogP) is 3.48. The first kappa shape index (κ1) is 23.7. The van der Waals surface area contributed by atoms with Crippen LogP contribution in [0.1, 0.15) is 41.3 Å². The third-order valence-electron chi connectivity index (χ3n) is 4.80. The predicted molar refractivity (Wildman–Crippen MR) is 118 cm³/mol. The van der Waals surface area contributed by atoms with Crippen molar-refractivity contribution in [2.24, 2.45) is 0 Å². The van der Waals surface area contributed by atoms with Gasteiger partial charge in [0.1, 0.15) is 0 Å². The van der Waals surface area contributed by atoms with Crippen LogP contribution in [0.4, 0.5) is 0 Å². The van der Waals surface area contributed by atoms with E-state index in [1.54, 1.807) is 49.3 Å². The fraction of sp³-hybridized carbons (Fsp3) is 0.375. The first-order valence-electron chi connectivity index (χ1n) is 10.2. The molecule has 0 heterocycles. The number of nitrogens with zero attached hydrogens (tertiary/aromatic N) is 3. The van der Waals surface area contributed by atoms with Crippen molar-refractivity contribution in [3.8, 4) is 17.6 Å². The van der Waals surface area contributed by atoms with Crippen LogP contribution in [0.25, 0.3) is 0 Å². The van der Waals surface area contributed by atoms with Crippen molar-refractivity contribution in [3.63, 3.8) is 0 Å². The van der Waals surface area contributed by atoms with Crippen LogP contribution < -0.4 is 9.47 Å². The van der Waals surface area contributed by atoms with Gasteiger partial charge in [-0.3, -0.25) is 9.59 Å². The molecule has 2 amide bonds. The minimum atomic E-state index is -0.0473. The van der Waals surface area contributed by atoms with Crippen LogP contribution in [0.2, 0.25) is 0 Å². The summed E-state index contributed by atoms with van der Waals surface area (Å²) in [5.41, 5.74) is 2.10. The van der Waals surface area contributed by atoms with E-state index in [0.717, 1.165) is 5.56 Å². The summed E-state index contributed by atoms with van der Waals surface area (Å²) in [5.74, 6) is 1.05. The second-order valence-corrected chi connectivity index (χ2v) is 7.23. The molecular weight excluding hydrogens is 394 g/mol. The summed E-state index contributed by atoms with van der Waals surface area (Å²) < 4.78 is 11.0.